The van der Waals surface area contributed by atoms with Crippen molar-refractivity contribution in [2.45, 2.75) is 78.4 Å². The maximum atomic E-state index is 13.7. The number of rotatable bonds is 8. The second-order valence-electron chi connectivity index (χ2n) is 15.1. The standard InChI is InChI=1S/C43H41F6NO5/c1-23-16-33(24(2)37(36(23)39(51)52)26-10-8-7-9-11-26)27-12-13-35(54-6)34(19-27)32-14-15-41(4,5)21-29(32)22-50-25(3)38(55-40(50)53)28-17-30(42(44,45)46)20-31(18-28)43(47,48)49/h7-13,16-20,25,38H,14-15,21-22H2,1-6H3,(H,51,52)/p-1/t25-,38+/m1/s1. The van der Waals surface area contributed by atoms with E-state index in [-0.39, 0.29) is 23.6 Å². The van der Waals surface area contributed by atoms with Crippen molar-refractivity contribution in [3.05, 3.63) is 117 Å². The molecule has 4 aromatic carbocycles. The number of carboxylic acids is 1. The number of ether oxygens (including phenoxy) is 2. The first kappa shape index (κ1) is 39.4. The first-order chi connectivity index (χ1) is 25.7. The number of carboxylic acid groups (broad SMARTS) is 1. The minimum atomic E-state index is -5.06. The van der Waals surface area contributed by atoms with E-state index in [4.69, 9.17) is 9.47 Å². The number of benzene rings is 4. The third kappa shape index (κ3) is 7.81. The fourth-order valence-corrected chi connectivity index (χ4v) is 7.95. The summed E-state index contributed by atoms with van der Waals surface area (Å²) in [7, 11) is 1.54. The maximum absolute atomic E-state index is 13.7. The largest absolute Gasteiger partial charge is 0.545 e. The van der Waals surface area contributed by atoms with Crippen molar-refractivity contribution in [1.29, 1.82) is 0 Å². The highest BCUT2D eigenvalue weighted by molar-refractivity contribution is 6.00. The van der Waals surface area contributed by atoms with Crippen LogP contribution in [0.2, 0.25) is 0 Å². The Kier molecular flexibility index (Phi) is 10.3. The van der Waals surface area contributed by atoms with Gasteiger partial charge in [-0.05, 0) is 126 Å². The average molecular weight is 765 g/mol. The Morgan fingerprint density at radius 1 is 0.909 bits per heavy atom. The molecule has 0 N–H and O–H groups in total. The molecule has 0 bridgehead atoms. The number of nitrogens with zero attached hydrogens (tertiary/aromatic N) is 1. The number of methoxy groups -OCH3 is 1. The molecule has 1 aliphatic heterocycles. The Hall–Kier alpha value is -5.26. The second kappa shape index (κ2) is 14.4. The van der Waals surface area contributed by atoms with Crippen molar-refractivity contribution in [3.63, 3.8) is 0 Å². The molecule has 1 heterocycles. The molecule has 0 spiro atoms. The molecular weight excluding hydrogens is 724 g/mol. The molecule has 0 radical (unpaired) electrons. The Morgan fingerprint density at radius 3 is 2.13 bits per heavy atom. The minimum Gasteiger partial charge on any atom is -0.545 e. The Labute approximate surface area is 315 Å². The van der Waals surface area contributed by atoms with Crippen LogP contribution in [0.5, 0.6) is 5.75 Å². The zero-order valence-corrected chi connectivity index (χ0v) is 31.2. The summed E-state index contributed by atoms with van der Waals surface area (Å²) in [5.74, 6) is -0.731. The number of amides is 1. The molecule has 1 saturated heterocycles. The Bertz CT molecular complexity index is 2160. The number of hydrogen-bond acceptors (Lipinski definition) is 5. The summed E-state index contributed by atoms with van der Waals surface area (Å²) in [6.45, 7) is 9.32. The van der Waals surface area contributed by atoms with E-state index in [0.717, 1.165) is 45.4 Å². The molecule has 4 aromatic rings. The van der Waals surface area contributed by atoms with Gasteiger partial charge in [0.2, 0.25) is 0 Å². The molecule has 0 saturated carbocycles. The van der Waals surface area contributed by atoms with Gasteiger partial charge < -0.3 is 19.4 Å². The van der Waals surface area contributed by atoms with Gasteiger partial charge >= 0.3 is 18.4 Å². The van der Waals surface area contributed by atoms with Gasteiger partial charge in [0.1, 0.15) is 11.9 Å². The monoisotopic (exact) mass is 764 g/mol. The summed E-state index contributed by atoms with van der Waals surface area (Å²) < 4.78 is 93.7. The van der Waals surface area contributed by atoms with Crippen LogP contribution in [-0.4, -0.2) is 36.7 Å². The zero-order valence-electron chi connectivity index (χ0n) is 31.2. The number of aryl methyl sites for hydroxylation is 1. The Morgan fingerprint density at radius 2 is 1.55 bits per heavy atom. The van der Waals surface area contributed by atoms with Crippen molar-refractivity contribution in [2.24, 2.45) is 5.41 Å². The van der Waals surface area contributed by atoms with Gasteiger partial charge in [-0.1, -0.05) is 56.3 Å². The number of alkyl halides is 6. The molecule has 0 aromatic heterocycles. The lowest BCUT2D eigenvalue weighted by Gasteiger charge is -2.36. The van der Waals surface area contributed by atoms with E-state index in [9.17, 15) is 41.0 Å². The molecule has 1 aliphatic carbocycles. The number of halogens is 6. The van der Waals surface area contributed by atoms with Crippen LogP contribution in [0.3, 0.4) is 0 Å². The quantitative estimate of drug-likeness (QED) is 0.167. The summed E-state index contributed by atoms with van der Waals surface area (Å²) in [5.41, 5.74) is 3.13. The number of allylic oxidation sites excluding steroid dienone is 1. The highest BCUT2D eigenvalue weighted by Gasteiger charge is 2.44. The van der Waals surface area contributed by atoms with Gasteiger partial charge in [0.15, 0.2) is 0 Å². The van der Waals surface area contributed by atoms with E-state index < -0.39 is 53.3 Å². The molecule has 1 amide bonds. The molecule has 6 nitrogen and oxygen atoms in total. The number of carbonyl (C=O) groups is 2. The first-order valence-electron chi connectivity index (χ1n) is 17.8. The number of cyclic esters (lactones) is 1. The minimum absolute atomic E-state index is 0.0182. The zero-order chi connectivity index (χ0) is 40.2. The van der Waals surface area contributed by atoms with Crippen LogP contribution in [0.4, 0.5) is 31.1 Å². The third-order valence-electron chi connectivity index (χ3n) is 10.7. The smallest absolute Gasteiger partial charge is 0.416 e. The summed E-state index contributed by atoms with van der Waals surface area (Å²) in [6, 6.07) is 17.0. The molecule has 2 aliphatic rings. The molecule has 290 valence electrons. The van der Waals surface area contributed by atoms with Crippen molar-refractivity contribution >= 4 is 17.6 Å². The summed E-state index contributed by atoms with van der Waals surface area (Å²) in [6.07, 6.45) is -10.5. The SMILES string of the molecule is COc1ccc(-c2cc(C)c(C(=O)[O-])c(-c3ccccc3)c2C)cc1C1=C(CN2C(=O)O[C@H](c3cc(C(F)(F)F)cc(C(F)(F)F)c3)[C@H]2C)CC(C)(C)CC1. The van der Waals surface area contributed by atoms with Crippen LogP contribution in [0.25, 0.3) is 27.8 Å². The summed E-state index contributed by atoms with van der Waals surface area (Å²) >= 11 is 0. The van der Waals surface area contributed by atoms with E-state index in [1.807, 2.05) is 61.5 Å². The van der Waals surface area contributed by atoms with E-state index in [0.29, 0.717) is 41.9 Å². The Balaban J connectivity index is 1.44. The van der Waals surface area contributed by atoms with Gasteiger partial charge in [-0.2, -0.15) is 26.3 Å². The predicted octanol–water partition coefficient (Wildman–Crippen LogP) is 10.6. The van der Waals surface area contributed by atoms with Gasteiger partial charge in [0, 0.05) is 17.7 Å². The van der Waals surface area contributed by atoms with E-state index >= 15 is 0 Å². The normalized spacial score (nSPS) is 18.8. The van der Waals surface area contributed by atoms with E-state index in [1.54, 1.807) is 13.8 Å². The van der Waals surface area contributed by atoms with Crippen molar-refractivity contribution in [3.8, 4) is 28.0 Å². The lowest BCUT2D eigenvalue weighted by Crippen LogP contribution is -2.35. The van der Waals surface area contributed by atoms with Crippen molar-refractivity contribution in [1.82, 2.24) is 4.90 Å². The second-order valence-corrected chi connectivity index (χ2v) is 15.1. The number of carbonyl (C=O) groups excluding carboxylic acids is 2. The molecule has 2 atom stereocenters. The molecule has 55 heavy (non-hydrogen) atoms. The number of hydrogen-bond donors (Lipinski definition) is 0. The molecule has 12 heteroatoms. The van der Waals surface area contributed by atoms with Crippen LogP contribution < -0.4 is 9.84 Å². The van der Waals surface area contributed by atoms with Crippen LogP contribution in [0.15, 0.2) is 78.4 Å². The van der Waals surface area contributed by atoms with Gasteiger partial charge in [0.25, 0.3) is 0 Å². The topological polar surface area (TPSA) is 78.9 Å². The van der Waals surface area contributed by atoms with Crippen molar-refractivity contribution in [2.75, 3.05) is 13.7 Å². The van der Waals surface area contributed by atoms with E-state index in [1.165, 1.54) is 12.0 Å². The van der Waals surface area contributed by atoms with E-state index in [2.05, 4.69) is 13.8 Å². The first-order valence-corrected chi connectivity index (χ1v) is 17.8. The molecule has 0 unspecified atom stereocenters. The highest BCUT2D eigenvalue weighted by atomic mass is 19.4. The highest BCUT2D eigenvalue weighted by Crippen LogP contribution is 2.48. The molecule has 6 rings (SSSR count). The van der Waals surface area contributed by atoms with Crippen molar-refractivity contribution < 1.29 is 50.5 Å². The van der Waals surface area contributed by atoms with Gasteiger partial charge in [-0.25, -0.2) is 4.79 Å². The lowest BCUT2D eigenvalue weighted by molar-refractivity contribution is -0.255. The number of aromatic carboxylic acids is 1. The van der Waals surface area contributed by atoms with Gasteiger partial charge in [-0.3, -0.25) is 4.90 Å². The lowest BCUT2D eigenvalue weighted by atomic mass is 9.72. The van der Waals surface area contributed by atoms with Crippen LogP contribution in [0.1, 0.15) is 89.9 Å². The summed E-state index contributed by atoms with van der Waals surface area (Å²) in [5, 5.41) is 12.4. The van der Waals surface area contributed by atoms with Gasteiger partial charge in [0.05, 0.1) is 30.2 Å². The average Bonchev–Trinajstić information content (AvgIpc) is 3.39. The van der Waals surface area contributed by atoms with Gasteiger partial charge in [-0.15, -0.1) is 0 Å². The predicted molar refractivity (Wildman–Crippen MR) is 194 cm³/mol. The summed E-state index contributed by atoms with van der Waals surface area (Å²) in [4.78, 5) is 27.2. The maximum Gasteiger partial charge on any atom is 0.416 e. The third-order valence-corrected chi connectivity index (χ3v) is 10.7. The fraction of sp³-hybridized carbons (Fsp3) is 0.349. The molecular formula is C43H40F6NO5-. The fourth-order valence-electron chi connectivity index (χ4n) is 7.95. The van der Waals surface area contributed by atoms with Crippen LogP contribution in [-0.2, 0) is 17.1 Å². The molecule has 1 fully saturated rings. The van der Waals surface area contributed by atoms with Crippen LogP contribution >= 0.6 is 0 Å². The van der Waals surface area contributed by atoms with Crippen LogP contribution in [0, 0.1) is 19.3 Å².